The van der Waals surface area contributed by atoms with Crippen molar-refractivity contribution < 1.29 is 27.1 Å². The van der Waals surface area contributed by atoms with Crippen LogP contribution in [0.5, 0.6) is 11.5 Å². The van der Waals surface area contributed by atoms with Crippen LogP contribution in [0.3, 0.4) is 0 Å². The molecule has 1 aromatic carbocycles. The van der Waals surface area contributed by atoms with Crippen LogP contribution >= 0.6 is 11.3 Å². The molecule has 1 fully saturated rings. The fourth-order valence-electron chi connectivity index (χ4n) is 3.85. The second kappa shape index (κ2) is 9.12. The van der Waals surface area contributed by atoms with Crippen molar-refractivity contribution in [1.29, 1.82) is 0 Å². The number of hydrogen-bond acceptors (Lipinski definition) is 9. The Bertz CT molecular complexity index is 1230. The molecule has 4 heterocycles. The van der Waals surface area contributed by atoms with Crippen molar-refractivity contribution in [2.45, 2.75) is 23.5 Å². The molecule has 2 aliphatic heterocycles. The fraction of sp³-hybridized carbons (Fsp3) is 0.381. The molecule has 1 N–H and O–H groups in total. The van der Waals surface area contributed by atoms with E-state index in [4.69, 9.17) is 13.9 Å². The van der Waals surface area contributed by atoms with Gasteiger partial charge in [-0.3, -0.25) is 10.1 Å². The van der Waals surface area contributed by atoms with Gasteiger partial charge in [-0.15, -0.1) is 16.4 Å². The monoisotopic (exact) mass is 490 g/mol. The second-order valence-corrected chi connectivity index (χ2v) is 10.9. The highest BCUT2D eigenvalue weighted by Gasteiger charge is 2.33. The van der Waals surface area contributed by atoms with Gasteiger partial charge in [0.25, 0.3) is 10.0 Å². The first-order chi connectivity index (χ1) is 16.0. The number of anilines is 1. The molecule has 0 aliphatic carbocycles. The zero-order valence-corrected chi connectivity index (χ0v) is 19.2. The summed E-state index contributed by atoms with van der Waals surface area (Å²) in [5, 5.41) is 12.3. The molecule has 0 radical (unpaired) electrons. The highest BCUT2D eigenvalue weighted by Crippen LogP contribution is 2.31. The van der Waals surface area contributed by atoms with Crippen LogP contribution in [0.1, 0.15) is 24.3 Å². The van der Waals surface area contributed by atoms with Crippen LogP contribution in [-0.2, 0) is 21.2 Å². The van der Waals surface area contributed by atoms with Crippen LogP contribution in [0.25, 0.3) is 0 Å². The number of hydrogen-bond donors (Lipinski definition) is 1. The lowest BCUT2D eigenvalue weighted by Crippen LogP contribution is -2.41. The van der Waals surface area contributed by atoms with Crippen LogP contribution in [0, 0.1) is 5.92 Å². The quantitative estimate of drug-likeness (QED) is 0.559. The Morgan fingerprint density at radius 1 is 1.12 bits per heavy atom. The van der Waals surface area contributed by atoms with Gasteiger partial charge in [-0.1, -0.05) is 17.2 Å². The number of aromatic nitrogens is 2. The van der Waals surface area contributed by atoms with E-state index in [1.165, 1.54) is 15.6 Å². The molecule has 0 spiro atoms. The molecular weight excluding hydrogens is 468 g/mol. The largest absolute Gasteiger partial charge is 0.486 e. The first kappa shape index (κ1) is 21.9. The van der Waals surface area contributed by atoms with Gasteiger partial charge in [-0.2, -0.15) is 4.31 Å². The number of ether oxygens (including phenoxy) is 2. The fourth-order valence-corrected chi connectivity index (χ4v) is 6.47. The van der Waals surface area contributed by atoms with Crippen LogP contribution < -0.4 is 14.8 Å². The van der Waals surface area contributed by atoms with E-state index < -0.39 is 10.0 Å². The molecule has 0 atom stereocenters. The maximum absolute atomic E-state index is 12.6. The highest BCUT2D eigenvalue weighted by molar-refractivity contribution is 7.91. The van der Waals surface area contributed by atoms with Crippen molar-refractivity contribution in [1.82, 2.24) is 14.5 Å². The molecule has 0 bridgehead atoms. The minimum absolute atomic E-state index is 0.0289. The van der Waals surface area contributed by atoms with Crippen molar-refractivity contribution in [2.75, 3.05) is 31.6 Å². The number of benzene rings is 1. The third kappa shape index (κ3) is 4.72. The Kier molecular flexibility index (Phi) is 6.04. The summed E-state index contributed by atoms with van der Waals surface area (Å²) in [7, 11) is -3.50. The number of fused-ring (bicyclic) bond motifs is 1. The van der Waals surface area contributed by atoms with Gasteiger partial charge in [0, 0.05) is 19.0 Å². The summed E-state index contributed by atoms with van der Waals surface area (Å²) in [6.45, 7) is 1.61. The van der Waals surface area contributed by atoms with E-state index in [1.54, 1.807) is 17.5 Å². The zero-order valence-electron chi connectivity index (χ0n) is 17.6. The molecule has 0 saturated carbocycles. The predicted molar refractivity (Wildman–Crippen MR) is 119 cm³/mol. The van der Waals surface area contributed by atoms with Crippen molar-refractivity contribution in [3.8, 4) is 11.5 Å². The maximum Gasteiger partial charge on any atom is 0.322 e. The van der Waals surface area contributed by atoms with Crippen LogP contribution in [0.2, 0.25) is 0 Å². The molecule has 2 aromatic heterocycles. The van der Waals surface area contributed by atoms with E-state index in [2.05, 4.69) is 15.5 Å². The van der Waals surface area contributed by atoms with Gasteiger partial charge in [0.1, 0.15) is 17.4 Å². The molecule has 1 saturated heterocycles. The van der Waals surface area contributed by atoms with Crippen molar-refractivity contribution in [3.63, 3.8) is 0 Å². The lowest BCUT2D eigenvalue weighted by atomic mass is 9.97. The standard InChI is InChI=1S/C21H22N4O6S2/c26-20(15-5-7-25(8-6-15)33(27,28)19-2-1-11-32-19)22-21-24-23-18(31-21)13-14-3-4-16-17(12-14)30-10-9-29-16/h1-4,11-12,15H,5-10,13H2,(H,22,24,26). The average Bonchev–Trinajstić information content (AvgIpc) is 3.52. The predicted octanol–water partition coefficient (Wildman–Crippen LogP) is 2.53. The van der Waals surface area contributed by atoms with Gasteiger partial charge < -0.3 is 13.9 Å². The Balaban J connectivity index is 1.15. The zero-order chi connectivity index (χ0) is 22.8. The molecule has 33 heavy (non-hydrogen) atoms. The Morgan fingerprint density at radius 2 is 1.91 bits per heavy atom. The third-order valence-electron chi connectivity index (χ3n) is 5.57. The van der Waals surface area contributed by atoms with Crippen molar-refractivity contribution >= 4 is 33.3 Å². The van der Waals surface area contributed by atoms with E-state index in [1.807, 2.05) is 18.2 Å². The number of nitrogens with one attached hydrogen (secondary N) is 1. The minimum Gasteiger partial charge on any atom is -0.486 e. The van der Waals surface area contributed by atoms with E-state index in [0.717, 1.165) is 5.56 Å². The van der Waals surface area contributed by atoms with E-state index in [-0.39, 0.29) is 30.9 Å². The normalized spacial score (nSPS) is 17.1. The number of amides is 1. The molecular formula is C21H22N4O6S2. The smallest absolute Gasteiger partial charge is 0.322 e. The van der Waals surface area contributed by atoms with Gasteiger partial charge in [0.2, 0.25) is 11.8 Å². The highest BCUT2D eigenvalue weighted by atomic mass is 32.2. The number of piperidine rings is 1. The maximum atomic E-state index is 12.6. The van der Waals surface area contributed by atoms with E-state index in [9.17, 15) is 13.2 Å². The number of rotatable bonds is 6. The number of nitrogens with zero attached hydrogens (tertiary/aromatic N) is 3. The molecule has 3 aromatic rings. The molecule has 2 aliphatic rings. The van der Waals surface area contributed by atoms with Gasteiger partial charge in [-0.05, 0) is 42.0 Å². The van der Waals surface area contributed by atoms with E-state index in [0.29, 0.717) is 54.1 Å². The summed E-state index contributed by atoms with van der Waals surface area (Å²) in [6.07, 6.45) is 1.24. The number of thiophene rings is 1. The summed E-state index contributed by atoms with van der Waals surface area (Å²) in [5.41, 5.74) is 0.917. The minimum atomic E-state index is -3.50. The van der Waals surface area contributed by atoms with E-state index >= 15 is 0 Å². The first-order valence-electron chi connectivity index (χ1n) is 10.5. The third-order valence-corrected chi connectivity index (χ3v) is 8.84. The summed E-state index contributed by atoms with van der Waals surface area (Å²) in [6, 6.07) is 8.94. The van der Waals surface area contributed by atoms with Crippen LogP contribution in [-0.4, -0.2) is 55.1 Å². The molecule has 10 nitrogen and oxygen atoms in total. The van der Waals surface area contributed by atoms with Crippen LogP contribution in [0.4, 0.5) is 6.01 Å². The first-order valence-corrected chi connectivity index (χ1v) is 12.9. The van der Waals surface area contributed by atoms with Gasteiger partial charge in [-0.25, -0.2) is 8.42 Å². The lowest BCUT2D eigenvalue weighted by molar-refractivity contribution is -0.121. The second-order valence-electron chi connectivity index (χ2n) is 7.76. The molecule has 5 rings (SSSR count). The summed E-state index contributed by atoms with van der Waals surface area (Å²) in [4.78, 5) is 12.6. The SMILES string of the molecule is O=C(Nc1nnc(Cc2ccc3c(c2)OCCO3)o1)C1CCN(S(=O)(=O)c2cccs2)CC1. The van der Waals surface area contributed by atoms with Gasteiger partial charge >= 0.3 is 6.01 Å². The Labute approximate surface area is 194 Å². The van der Waals surface area contributed by atoms with Crippen molar-refractivity contribution in [2.24, 2.45) is 5.92 Å². The summed E-state index contributed by atoms with van der Waals surface area (Å²) < 4.78 is 43.7. The van der Waals surface area contributed by atoms with Gasteiger partial charge in [0.05, 0.1) is 6.42 Å². The molecule has 174 valence electrons. The number of carbonyl (C=O) groups is 1. The molecule has 1 amide bonds. The van der Waals surface area contributed by atoms with Crippen molar-refractivity contribution in [3.05, 3.63) is 47.2 Å². The van der Waals surface area contributed by atoms with Crippen LogP contribution in [0.15, 0.2) is 44.3 Å². The summed E-state index contributed by atoms with van der Waals surface area (Å²) in [5.74, 6) is 1.17. The Hall–Kier alpha value is -2.96. The molecule has 12 heteroatoms. The number of carbonyl (C=O) groups excluding carboxylic acids is 1. The Morgan fingerprint density at radius 3 is 2.67 bits per heavy atom. The number of sulfonamides is 1. The summed E-state index contributed by atoms with van der Waals surface area (Å²) >= 11 is 1.19. The average molecular weight is 491 g/mol. The molecule has 0 unspecified atom stereocenters. The lowest BCUT2D eigenvalue weighted by Gasteiger charge is -2.29. The van der Waals surface area contributed by atoms with Gasteiger partial charge in [0.15, 0.2) is 11.5 Å². The topological polar surface area (TPSA) is 124 Å².